The molecule has 0 bridgehead atoms. The molecule has 5 nitrogen and oxygen atoms in total. The molecule has 0 aromatic rings. The molecule has 0 heterocycles. The maximum atomic E-state index is 12.6. The lowest BCUT2D eigenvalue weighted by Crippen LogP contribution is -2.49. The van der Waals surface area contributed by atoms with E-state index < -0.39 is 5.97 Å². The highest BCUT2D eigenvalue weighted by Crippen LogP contribution is 2.14. The fourth-order valence-corrected chi connectivity index (χ4v) is 2.31. The summed E-state index contributed by atoms with van der Waals surface area (Å²) in [6.45, 7) is 11.8. The first-order valence-corrected chi connectivity index (χ1v) is 7.64. The van der Waals surface area contributed by atoms with Gasteiger partial charge in [0.25, 0.3) is 0 Å². The second-order valence-corrected chi connectivity index (χ2v) is 5.52. The molecule has 0 aliphatic heterocycles. The second kappa shape index (κ2) is 9.61. The van der Waals surface area contributed by atoms with E-state index in [0.29, 0.717) is 12.5 Å². The van der Waals surface area contributed by atoms with Gasteiger partial charge in [0.05, 0.1) is 6.42 Å². The Morgan fingerprint density at radius 2 is 1.65 bits per heavy atom. The number of urea groups is 1. The fourth-order valence-electron chi connectivity index (χ4n) is 2.31. The predicted octanol–water partition coefficient (Wildman–Crippen LogP) is 3.05. The minimum Gasteiger partial charge on any atom is -0.481 e. The SMILES string of the molecule is CCC(CC)N(CC(C)C)C(=O)N(CC)CCC(=O)O. The maximum Gasteiger partial charge on any atom is 0.320 e. The van der Waals surface area contributed by atoms with Crippen LogP contribution in [0.5, 0.6) is 0 Å². The van der Waals surface area contributed by atoms with E-state index in [2.05, 4.69) is 27.7 Å². The minimum absolute atomic E-state index is 0.00197. The zero-order valence-corrected chi connectivity index (χ0v) is 13.6. The number of rotatable bonds is 9. The molecule has 0 aliphatic rings. The summed E-state index contributed by atoms with van der Waals surface area (Å²) in [5.74, 6) is -0.466. The number of nitrogens with zero attached hydrogens (tertiary/aromatic N) is 2. The summed E-state index contributed by atoms with van der Waals surface area (Å²) in [5.41, 5.74) is 0. The van der Waals surface area contributed by atoms with E-state index in [1.165, 1.54) is 0 Å². The van der Waals surface area contributed by atoms with Gasteiger partial charge >= 0.3 is 12.0 Å². The second-order valence-electron chi connectivity index (χ2n) is 5.52. The first-order valence-electron chi connectivity index (χ1n) is 7.64. The van der Waals surface area contributed by atoms with Gasteiger partial charge < -0.3 is 14.9 Å². The molecule has 0 atom stereocenters. The van der Waals surface area contributed by atoms with E-state index in [1.54, 1.807) is 4.90 Å². The van der Waals surface area contributed by atoms with E-state index in [0.717, 1.165) is 19.4 Å². The molecule has 0 rings (SSSR count). The number of aliphatic carboxylic acids is 1. The molecule has 0 saturated heterocycles. The first kappa shape index (κ1) is 18.7. The monoisotopic (exact) mass is 286 g/mol. The third-order valence-corrected chi connectivity index (χ3v) is 3.44. The Balaban J connectivity index is 4.92. The molecule has 0 unspecified atom stereocenters. The van der Waals surface area contributed by atoms with Crippen LogP contribution in [0.25, 0.3) is 0 Å². The van der Waals surface area contributed by atoms with Crippen molar-refractivity contribution >= 4 is 12.0 Å². The van der Waals surface area contributed by atoms with Crippen LogP contribution in [0.1, 0.15) is 53.9 Å². The highest BCUT2D eigenvalue weighted by Gasteiger charge is 2.25. The zero-order chi connectivity index (χ0) is 15.7. The van der Waals surface area contributed by atoms with Gasteiger partial charge in [-0.25, -0.2) is 4.79 Å². The van der Waals surface area contributed by atoms with Crippen molar-refractivity contribution in [1.29, 1.82) is 0 Å². The van der Waals surface area contributed by atoms with Crippen LogP contribution in [0.2, 0.25) is 0 Å². The molecule has 20 heavy (non-hydrogen) atoms. The molecule has 1 N–H and O–H groups in total. The molecule has 5 heteroatoms. The topological polar surface area (TPSA) is 60.9 Å². The minimum atomic E-state index is -0.866. The van der Waals surface area contributed by atoms with Crippen molar-refractivity contribution < 1.29 is 14.7 Å². The highest BCUT2D eigenvalue weighted by molar-refractivity contribution is 5.75. The summed E-state index contributed by atoms with van der Waals surface area (Å²) in [5, 5.41) is 8.77. The first-order chi connectivity index (χ1) is 9.37. The summed E-state index contributed by atoms with van der Waals surface area (Å²) in [7, 11) is 0. The molecule has 0 radical (unpaired) electrons. The van der Waals surface area contributed by atoms with Gasteiger partial charge in [-0.1, -0.05) is 27.7 Å². The number of carbonyl (C=O) groups is 2. The van der Waals surface area contributed by atoms with Crippen LogP contribution >= 0.6 is 0 Å². The number of carbonyl (C=O) groups excluding carboxylic acids is 1. The molecule has 0 spiro atoms. The van der Waals surface area contributed by atoms with Crippen molar-refractivity contribution in [2.45, 2.75) is 59.9 Å². The third kappa shape index (κ3) is 6.26. The van der Waals surface area contributed by atoms with Gasteiger partial charge in [-0.05, 0) is 25.7 Å². The van der Waals surface area contributed by atoms with Crippen LogP contribution in [-0.2, 0) is 4.79 Å². The molecular formula is C15H30N2O3. The zero-order valence-electron chi connectivity index (χ0n) is 13.6. The molecule has 0 aromatic carbocycles. The smallest absolute Gasteiger partial charge is 0.320 e. The molecule has 0 saturated carbocycles. The Kier molecular flexibility index (Phi) is 9.01. The van der Waals surface area contributed by atoms with E-state index >= 15 is 0 Å². The number of amides is 2. The Morgan fingerprint density at radius 3 is 2.00 bits per heavy atom. The average Bonchev–Trinajstić information content (AvgIpc) is 2.38. The van der Waals surface area contributed by atoms with Gasteiger partial charge in [-0.15, -0.1) is 0 Å². The Hall–Kier alpha value is -1.26. The Labute approximate surface area is 122 Å². The molecule has 0 aliphatic carbocycles. The van der Waals surface area contributed by atoms with Crippen LogP contribution in [0, 0.1) is 5.92 Å². The standard InChI is InChI=1S/C15H30N2O3/c1-6-13(7-2)17(11-12(4)5)15(20)16(8-3)10-9-14(18)19/h12-13H,6-11H2,1-5H3,(H,18,19). The Morgan fingerprint density at radius 1 is 1.10 bits per heavy atom. The molecule has 118 valence electrons. The van der Waals surface area contributed by atoms with Crippen molar-refractivity contribution in [3.8, 4) is 0 Å². The number of hydrogen-bond acceptors (Lipinski definition) is 2. The van der Waals surface area contributed by atoms with Crippen molar-refractivity contribution in [2.75, 3.05) is 19.6 Å². The normalized spacial score (nSPS) is 10.9. The van der Waals surface area contributed by atoms with Gasteiger partial charge in [0.1, 0.15) is 0 Å². The predicted molar refractivity (Wildman–Crippen MR) is 80.8 cm³/mol. The molecule has 2 amide bonds. The highest BCUT2D eigenvalue weighted by atomic mass is 16.4. The molecule has 0 aromatic heterocycles. The lowest BCUT2D eigenvalue weighted by molar-refractivity contribution is -0.137. The lowest BCUT2D eigenvalue weighted by atomic mass is 10.1. The van der Waals surface area contributed by atoms with Crippen molar-refractivity contribution in [2.24, 2.45) is 5.92 Å². The Bertz CT molecular complexity index is 301. The lowest BCUT2D eigenvalue weighted by Gasteiger charge is -2.36. The van der Waals surface area contributed by atoms with Gasteiger partial charge in [-0.2, -0.15) is 0 Å². The maximum absolute atomic E-state index is 12.6. The van der Waals surface area contributed by atoms with Gasteiger partial charge in [0.15, 0.2) is 0 Å². The van der Waals surface area contributed by atoms with Gasteiger partial charge in [0.2, 0.25) is 0 Å². The third-order valence-electron chi connectivity index (χ3n) is 3.44. The summed E-state index contributed by atoms with van der Waals surface area (Å²) in [6.07, 6.45) is 1.84. The van der Waals surface area contributed by atoms with Crippen LogP contribution in [0.15, 0.2) is 0 Å². The van der Waals surface area contributed by atoms with Crippen LogP contribution in [0.4, 0.5) is 4.79 Å². The number of carboxylic acids is 1. The van der Waals surface area contributed by atoms with E-state index in [4.69, 9.17) is 5.11 Å². The average molecular weight is 286 g/mol. The van der Waals surface area contributed by atoms with E-state index in [1.807, 2.05) is 11.8 Å². The fraction of sp³-hybridized carbons (Fsp3) is 0.867. The number of carboxylic acid groups (broad SMARTS) is 1. The van der Waals surface area contributed by atoms with Crippen LogP contribution in [0.3, 0.4) is 0 Å². The van der Waals surface area contributed by atoms with Gasteiger partial charge in [0, 0.05) is 25.7 Å². The van der Waals surface area contributed by atoms with Crippen molar-refractivity contribution in [3.05, 3.63) is 0 Å². The van der Waals surface area contributed by atoms with Crippen molar-refractivity contribution in [1.82, 2.24) is 9.80 Å². The van der Waals surface area contributed by atoms with Crippen LogP contribution in [-0.4, -0.2) is 52.6 Å². The number of hydrogen-bond donors (Lipinski definition) is 1. The van der Waals surface area contributed by atoms with Crippen LogP contribution < -0.4 is 0 Å². The summed E-state index contributed by atoms with van der Waals surface area (Å²) in [6, 6.07) is 0.194. The summed E-state index contributed by atoms with van der Waals surface area (Å²) in [4.78, 5) is 26.9. The quantitative estimate of drug-likeness (QED) is 0.708. The molecular weight excluding hydrogens is 256 g/mol. The van der Waals surface area contributed by atoms with E-state index in [9.17, 15) is 9.59 Å². The summed E-state index contributed by atoms with van der Waals surface area (Å²) >= 11 is 0. The van der Waals surface area contributed by atoms with E-state index in [-0.39, 0.29) is 25.0 Å². The summed E-state index contributed by atoms with van der Waals surface area (Å²) < 4.78 is 0. The largest absolute Gasteiger partial charge is 0.481 e. The van der Waals surface area contributed by atoms with Gasteiger partial charge in [-0.3, -0.25) is 4.79 Å². The molecule has 0 fully saturated rings. The van der Waals surface area contributed by atoms with Crippen molar-refractivity contribution in [3.63, 3.8) is 0 Å².